The van der Waals surface area contributed by atoms with E-state index in [-0.39, 0.29) is 11.9 Å². The predicted octanol–water partition coefficient (Wildman–Crippen LogP) is 3.55. The van der Waals surface area contributed by atoms with Gasteiger partial charge in [0.15, 0.2) is 0 Å². The number of imidazole rings is 1. The maximum Gasteiger partial charge on any atom is 0.232 e. The Morgan fingerprint density at radius 3 is 2.45 bits per heavy atom. The molecule has 0 atom stereocenters. The normalized spacial score (nSPS) is 15.3. The van der Waals surface area contributed by atoms with E-state index in [4.69, 9.17) is 16.1 Å². The van der Waals surface area contributed by atoms with Crippen molar-refractivity contribution in [3.8, 4) is 0 Å². The highest BCUT2D eigenvalue weighted by Gasteiger charge is 2.28. The molecule has 0 unspecified atom stereocenters. The molecule has 0 radical (unpaired) electrons. The van der Waals surface area contributed by atoms with Gasteiger partial charge in [0.05, 0.1) is 23.0 Å². The van der Waals surface area contributed by atoms with Gasteiger partial charge < -0.3 is 10.3 Å². The first-order chi connectivity index (χ1) is 14.7. The monoisotopic (exact) mass is 439 g/mol. The fourth-order valence-electron chi connectivity index (χ4n) is 4.51. The van der Waals surface area contributed by atoms with Crippen molar-refractivity contribution in [3.63, 3.8) is 0 Å². The van der Waals surface area contributed by atoms with Crippen LogP contribution >= 0.6 is 0 Å². The zero-order valence-electron chi connectivity index (χ0n) is 18.0. The SMILES string of the molecule is Cn1c(Cc2ccc(C(=N)N)cc2)nc2cc(N(C3CCCCC3)S(C)(=O)=O)ccc21. The molecule has 2 aromatic carbocycles. The number of nitrogens with zero attached hydrogens (tertiary/aromatic N) is 3. The minimum absolute atomic E-state index is 0.0178. The predicted molar refractivity (Wildman–Crippen MR) is 125 cm³/mol. The third kappa shape index (κ3) is 4.44. The summed E-state index contributed by atoms with van der Waals surface area (Å²) < 4.78 is 28.9. The number of amidine groups is 1. The number of anilines is 1. The second kappa shape index (κ2) is 8.34. The topological polar surface area (TPSA) is 105 Å². The zero-order chi connectivity index (χ0) is 22.2. The second-order valence-electron chi connectivity index (χ2n) is 8.40. The smallest absolute Gasteiger partial charge is 0.232 e. The van der Waals surface area contributed by atoms with Crippen LogP contribution in [0.2, 0.25) is 0 Å². The molecule has 1 aliphatic carbocycles. The Labute approximate surface area is 183 Å². The average molecular weight is 440 g/mol. The average Bonchev–Trinajstić information content (AvgIpc) is 3.03. The Balaban J connectivity index is 1.67. The molecule has 1 saturated carbocycles. The molecule has 8 heteroatoms. The van der Waals surface area contributed by atoms with Crippen LogP contribution in [0.1, 0.15) is 49.1 Å². The fraction of sp³-hybridized carbons (Fsp3) is 0.391. The summed E-state index contributed by atoms with van der Waals surface area (Å²) in [5, 5.41) is 7.52. The minimum atomic E-state index is -3.38. The molecule has 1 heterocycles. The van der Waals surface area contributed by atoms with E-state index in [9.17, 15) is 8.42 Å². The summed E-state index contributed by atoms with van der Waals surface area (Å²) in [6, 6.07) is 13.4. The molecule has 7 nitrogen and oxygen atoms in total. The highest BCUT2D eigenvalue weighted by atomic mass is 32.2. The molecule has 0 spiro atoms. The van der Waals surface area contributed by atoms with Gasteiger partial charge in [-0.05, 0) is 36.6 Å². The van der Waals surface area contributed by atoms with E-state index in [2.05, 4.69) is 0 Å². The molecule has 4 rings (SSSR count). The number of benzene rings is 2. The number of aromatic nitrogens is 2. The lowest BCUT2D eigenvalue weighted by Crippen LogP contribution is -2.40. The Morgan fingerprint density at radius 1 is 1.16 bits per heavy atom. The van der Waals surface area contributed by atoms with Gasteiger partial charge in [-0.15, -0.1) is 0 Å². The van der Waals surface area contributed by atoms with Gasteiger partial charge in [0.25, 0.3) is 0 Å². The van der Waals surface area contributed by atoms with E-state index < -0.39 is 10.0 Å². The van der Waals surface area contributed by atoms with Crippen LogP contribution in [0.4, 0.5) is 5.69 Å². The van der Waals surface area contributed by atoms with E-state index in [0.29, 0.717) is 17.7 Å². The fourth-order valence-corrected chi connectivity index (χ4v) is 5.76. The largest absolute Gasteiger partial charge is 0.384 e. The minimum Gasteiger partial charge on any atom is -0.384 e. The van der Waals surface area contributed by atoms with Crippen molar-refractivity contribution in [2.24, 2.45) is 12.8 Å². The van der Waals surface area contributed by atoms with Crippen molar-refractivity contribution < 1.29 is 8.42 Å². The van der Waals surface area contributed by atoms with Crippen LogP contribution in [-0.2, 0) is 23.5 Å². The van der Waals surface area contributed by atoms with Crippen LogP contribution in [0.5, 0.6) is 0 Å². The maximum atomic E-state index is 12.6. The lowest BCUT2D eigenvalue weighted by atomic mass is 9.95. The molecule has 3 aromatic rings. The first-order valence-electron chi connectivity index (χ1n) is 10.6. The van der Waals surface area contributed by atoms with E-state index >= 15 is 0 Å². The summed E-state index contributed by atoms with van der Waals surface area (Å²) in [4.78, 5) is 4.81. The standard InChI is InChI=1S/C23H29N5O2S/c1-27-21-13-12-19(28(31(2,29)30)18-6-4-3-5-7-18)15-20(21)26-22(27)14-16-8-10-17(11-9-16)23(24)25/h8-13,15,18H,3-7,14H2,1-2H3,(H3,24,25). The van der Waals surface area contributed by atoms with Crippen LogP contribution in [0.3, 0.4) is 0 Å². The molecule has 1 fully saturated rings. The van der Waals surface area contributed by atoms with Gasteiger partial charge >= 0.3 is 0 Å². The van der Waals surface area contributed by atoms with Crippen molar-refractivity contribution in [2.75, 3.05) is 10.6 Å². The van der Waals surface area contributed by atoms with Gasteiger partial charge in [0.2, 0.25) is 10.0 Å². The highest BCUT2D eigenvalue weighted by molar-refractivity contribution is 7.92. The van der Waals surface area contributed by atoms with Gasteiger partial charge in [-0.3, -0.25) is 9.71 Å². The van der Waals surface area contributed by atoms with Crippen LogP contribution < -0.4 is 10.0 Å². The molecule has 164 valence electrons. The van der Waals surface area contributed by atoms with Gasteiger partial charge in [-0.1, -0.05) is 43.5 Å². The molecule has 31 heavy (non-hydrogen) atoms. The van der Waals surface area contributed by atoms with Gasteiger partial charge in [0, 0.05) is 25.1 Å². The Kier molecular flexibility index (Phi) is 5.75. The van der Waals surface area contributed by atoms with Crippen LogP contribution in [0.15, 0.2) is 42.5 Å². The molecule has 0 amide bonds. The Hall–Kier alpha value is -2.87. The lowest BCUT2D eigenvalue weighted by molar-refractivity contribution is 0.439. The maximum absolute atomic E-state index is 12.6. The van der Waals surface area contributed by atoms with Crippen molar-refractivity contribution in [2.45, 2.75) is 44.6 Å². The number of hydrogen-bond acceptors (Lipinski definition) is 4. The molecule has 0 aliphatic heterocycles. The first kappa shape index (κ1) is 21.4. The first-order valence-corrected chi connectivity index (χ1v) is 12.5. The van der Waals surface area contributed by atoms with Crippen LogP contribution in [0.25, 0.3) is 11.0 Å². The van der Waals surface area contributed by atoms with E-state index in [1.54, 1.807) is 4.31 Å². The number of fused-ring (bicyclic) bond motifs is 1. The van der Waals surface area contributed by atoms with Crippen molar-refractivity contribution in [1.29, 1.82) is 5.41 Å². The molecule has 0 saturated heterocycles. The van der Waals surface area contributed by atoms with Crippen molar-refractivity contribution in [3.05, 3.63) is 59.4 Å². The van der Waals surface area contributed by atoms with Gasteiger partial charge in [-0.25, -0.2) is 13.4 Å². The highest BCUT2D eigenvalue weighted by Crippen LogP contribution is 2.31. The molecule has 1 aliphatic rings. The third-order valence-corrected chi connectivity index (χ3v) is 7.33. The quantitative estimate of drug-likeness (QED) is 0.453. The number of hydrogen-bond donors (Lipinski definition) is 2. The Morgan fingerprint density at radius 2 is 1.84 bits per heavy atom. The molecular formula is C23H29N5O2S. The summed E-state index contributed by atoms with van der Waals surface area (Å²) in [6.07, 6.45) is 7.02. The van der Waals surface area contributed by atoms with Crippen molar-refractivity contribution >= 4 is 32.6 Å². The summed E-state index contributed by atoms with van der Waals surface area (Å²) in [5.41, 5.74) is 9.76. The summed E-state index contributed by atoms with van der Waals surface area (Å²) >= 11 is 0. The Bertz CT molecular complexity index is 1210. The van der Waals surface area contributed by atoms with Gasteiger partial charge in [-0.2, -0.15) is 0 Å². The van der Waals surface area contributed by atoms with E-state index in [1.165, 1.54) is 12.7 Å². The van der Waals surface area contributed by atoms with Gasteiger partial charge in [0.1, 0.15) is 11.7 Å². The lowest BCUT2D eigenvalue weighted by Gasteiger charge is -2.34. The molecule has 3 N–H and O–H groups in total. The molecular weight excluding hydrogens is 410 g/mol. The summed E-state index contributed by atoms with van der Waals surface area (Å²) in [7, 11) is -1.40. The summed E-state index contributed by atoms with van der Waals surface area (Å²) in [6.45, 7) is 0. The van der Waals surface area contributed by atoms with Crippen molar-refractivity contribution in [1.82, 2.24) is 9.55 Å². The molecule has 0 bridgehead atoms. The number of rotatable bonds is 6. The third-order valence-electron chi connectivity index (χ3n) is 6.10. The van der Waals surface area contributed by atoms with E-state index in [1.807, 2.05) is 54.1 Å². The number of nitrogens with one attached hydrogen (secondary N) is 1. The number of sulfonamides is 1. The number of nitrogen functional groups attached to an aromatic ring is 1. The summed E-state index contributed by atoms with van der Waals surface area (Å²) in [5.74, 6) is 0.946. The van der Waals surface area contributed by atoms with Crippen LogP contribution in [0, 0.1) is 5.41 Å². The van der Waals surface area contributed by atoms with E-state index in [0.717, 1.165) is 48.1 Å². The number of nitrogens with two attached hydrogens (primary N) is 1. The number of aryl methyl sites for hydroxylation is 1. The molecule has 1 aromatic heterocycles. The van der Waals surface area contributed by atoms with Crippen LogP contribution in [-0.4, -0.2) is 36.1 Å². The zero-order valence-corrected chi connectivity index (χ0v) is 18.8. The second-order valence-corrected chi connectivity index (χ2v) is 10.3.